The fourth-order valence-electron chi connectivity index (χ4n) is 1.66. The fourth-order valence-corrected chi connectivity index (χ4v) is 1.66. The first kappa shape index (κ1) is 17.0. The number of hydrogen-bond donors (Lipinski definition) is 2. The van der Waals surface area contributed by atoms with Crippen molar-refractivity contribution in [2.75, 3.05) is 0 Å². The lowest BCUT2D eigenvalue weighted by Crippen LogP contribution is -2.66. The van der Waals surface area contributed by atoms with Crippen LogP contribution in [0.3, 0.4) is 0 Å². The number of rotatable bonds is 2. The van der Waals surface area contributed by atoms with Gasteiger partial charge in [0.05, 0.1) is 0 Å². The van der Waals surface area contributed by atoms with E-state index in [1.165, 1.54) is 0 Å². The van der Waals surface area contributed by atoms with Gasteiger partial charge in [-0.25, -0.2) is 0 Å². The highest BCUT2D eigenvalue weighted by Crippen LogP contribution is 2.52. The van der Waals surface area contributed by atoms with E-state index in [0.29, 0.717) is 0 Å². The molecule has 0 heterocycles. The first-order valence-corrected chi connectivity index (χ1v) is 4.65. The molecule has 0 aromatic rings. The lowest BCUT2D eigenvalue weighted by molar-refractivity contribution is -0.389. The molecular formula is C9H12F6O3. The Morgan fingerprint density at radius 3 is 1.28 bits per heavy atom. The highest BCUT2D eigenvalue weighted by Gasteiger charge is 2.77. The maximum atomic E-state index is 12.5. The third kappa shape index (κ3) is 2.70. The summed E-state index contributed by atoms with van der Waals surface area (Å²) in [5.74, 6) is -5.45. The number of aliphatic carboxylic acids is 1. The van der Waals surface area contributed by atoms with E-state index in [9.17, 15) is 31.1 Å². The first-order chi connectivity index (χ1) is 7.57. The third-order valence-electron chi connectivity index (χ3n) is 2.40. The van der Waals surface area contributed by atoms with Gasteiger partial charge in [0.2, 0.25) is 0 Å². The quantitative estimate of drug-likeness (QED) is 0.765. The van der Waals surface area contributed by atoms with Gasteiger partial charge >= 0.3 is 18.3 Å². The number of alkyl halides is 6. The van der Waals surface area contributed by atoms with Crippen LogP contribution in [-0.4, -0.2) is 34.1 Å². The van der Waals surface area contributed by atoms with Crippen molar-refractivity contribution < 1.29 is 41.4 Å². The Morgan fingerprint density at radius 1 is 0.944 bits per heavy atom. The molecule has 0 fully saturated rings. The zero-order valence-electron chi connectivity index (χ0n) is 9.65. The van der Waals surface area contributed by atoms with Gasteiger partial charge in [0.25, 0.3) is 5.60 Å². The van der Waals surface area contributed by atoms with Crippen LogP contribution >= 0.6 is 0 Å². The standard InChI is InChI=1S/C9H12F6O3/c1-6(2,3)4(5(16)17)7(18,8(10,11)12)9(13,14)15/h4,18H,1-3H3,(H,16,17). The number of halogens is 6. The van der Waals surface area contributed by atoms with Crippen LogP contribution in [0, 0.1) is 11.3 Å². The average molecular weight is 282 g/mol. The van der Waals surface area contributed by atoms with Gasteiger partial charge in [-0.15, -0.1) is 0 Å². The van der Waals surface area contributed by atoms with Gasteiger partial charge in [-0.1, -0.05) is 20.8 Å². The van der Waals surface area contributed by atoms with Crippen LogP contribution in [0.15, 0.2) is 0 Å². The van der Waals surface area contributed by atoms with E-state index in [1.807, 2.05) is 0 Å². The molecular weight excluding hydrogens is 270 g/mol. The zero-order chi connectivity index (χ0) is 15.2. The van der Waals surface area contributed by atoms with Crippen LogP contribution in [-0.2, 0) is 4.79 Å². The number of carboxylic acid groups (broad SMARTS) is 1. The van der Waals surface area contributed by atoms with E-state index < -0.39 is 35.3 Å². The molecule has 0 rings (SSSR count). The van der Waals surface area contributed by atoms with E-state index in [4.69, 9.17) is 10.2 Å². The molecule has 2 N–H and O–H groups in total. The molecule has 0 radical (unpaired) electrons. The van der Waals surface area contributed by atoms with Crippen molar-refractivity contribution in [3.05, 3.63) is 0 Å². The molecule has 0 saturated carbocycles. The fraction of sp³-hybridized carbons (Fsp3) is 0.889. The average Bonchev–Trinajstić information content (AvgIpc) is 1.95. The van der Waals surface area contributed by atoms with Gasteiger partial charge in [0, 0.05) is 0 Å². The van der Waals surface area contributed by atoms with Crippen molar-refractivity contribution in [2.24, 2.45) is 11.3 Å². The molecule has 18 heavy (non-hydrogen) atoms. The van der Waals surface area contributed by atoms with Gasteiger partial charge in [-0.2, -0.15) is 26.3 Å². The molecule has 0 saturated heterocycles. The maximum absolute atomic E-state index is 12.5. The van der Waals surface area contributed by atoms with Crippen LogP contribution < -0.4 is 0 Å². The molecule has 0 aromatic heterocycles. The lowest BCUT2D eigenvalue weighted by atomic mass is 9.69. The van der Waals surface area contributed by atoms with E-state index in [-0.39, 0.29) is 0 Å². The molecule has 0 spiro atoms. The second-order valence-corrected chi connectivity index (χ2v) is 4.90. The smallest absolute Gasteiger partial charge is 0.427 e. The number of hydrogen-bond acceptors (Lipinski definition) is 2. The van der Waals surface area contributed by atoms with E-state index in [0.717, 1.165) is 20.8 Å². The lowest BCUT2D eigenvalue weighted by Gasteiger charge is -2.42. The summed E-state index contributed by atoms with van der Waals surface area (Å²) in [5, 5.41) is 17.6. The van der Waals surface area contributed by atoms with Crippen LogP contribution in [0.25, 0.3) is 0 Å². The summed E-state index contributed by atoms with van der Waals surface area (Å²) in [6, 6.07) is 0. The Kier molecular flexibility index (Phi) is 4.05. The van der Waals surface area contributed by atoms with Crippen molar-refractivity contribution >= 4 is 5.97 Å². The Bertz CT molecular complexity index is 311. The summed E-state index contributed by atoms with van der Waals surface area (Å²) >= 11 is 0. The summed E-state index contributed by atoms with van der Waals surface area (Å²) in [6.07, 6.45) is -12.3. The van der Waals surface area contributed by atoms with Crippen molar-refractivity contribution in [2.45, 2.75) is 38.7 Å². The Balaban J connectivity index is 6.11. The maximum Gasteiger partial charge on any atom is 0.427 e. The summed E-state index contributed by atoms with van der Waals surface area (Å²) < 4.78 is 75.0. The minimum Gasteiger partial charge on any atom is -0.481 e. The Labute approximate surface area is 98.4 Å². The molecule has 0 bridgehead atoms. The monoisotopic (exact) mass is 282 g/mol. The molecule has 0 amide bonds. The second-order valence-electron chi connectivity index (χ2n) is 4.90. The molecule has 0 aliphatic heterocycles. The summed E-state index contributed by atoms with van der Waals surface area (Å²) in [6.45, 7) is 2.61. The highest BCUT2D eigenvalue weighted by atomic mass is 19.4. The minimum atomic E-state index is -6.15. The van der Waals surface area contributed by atoms with Crippen LogP contribution in [0.1, 0.15) is 20.8 Å². The zero-order valence-corrected chi connectivity index (χ0v) is 9.65. The van der Waals surface area contributed by atoms with Crippen molar-refractivity contribution in [1.29, 1.82) is 0 Å². The van der Waals surface area contributed by atoms with Gasteiger partial charge in [0.1, 0.15) is 5.92 Å². The first-order valence-electron chi connectivity index (χ1n) is 4.65. The molecule has 0 aliphatic rings. The van der Waals surface area contributed by atoms with E-state index in [1.54, 1.807) is 0 Å². The molecule has 1 unspecified atom stereocenters. The van der Waals surface area contributed by atoms with Gasteiger partial charge in [0.15, 0.2) is 0 Å². The second kappa shape index (κ2) is 4.29. The number of aliphatic hydroxyl groups is 1. The SMILES string of the molecule is CC(C)(C)C(C(=O)O)C(O)(C(F)(F)F)C(F)(F)F. The normalized spacial score (nSPS) is 16.6. The summed E-state index contributed by atoms with van der Waals surface area (Å²) in [5.41, 5.74) is -7.25. The summed E-state index contributed by atoms with van der Waals surface area (Å²) in [7, 11) is 0. The van der Waals surface area contributed by atoms with E-state index >= 15 is 0 Å². The summed E-state index contributed by atoms with van der Waals surface area (Å²) in [4.78, 5) is 10.7. The molecule has 1 atom stereocenters. The Hall–Kier alpha value is -0.990. The number of carboxylic acids is 1. The Morgan fingerprint density at radius 2 is 1.22 bits per heavy atom. The van der Waals surface area contributed by atoms with Crippen LogP contribution in [0.5, 0.6) is 0 Å². The van der Waals surface area contributed by atoms with Crippen LogP contribution in [0.4, 0.5) is 26.3 Å². The third-order valence-corrected chi connectivity index (χ3v) is 2.40. The topological polar surface area (TPSA) is 57.5 Å². The van der Waals surface area contributed by atoms with E-state index in [2.05, 4.69) is 0 Å². The van der Waals surface area contributed by atoms with Crippen molar-refractivity contribution in [1.82, 2.24) is 0 Å². The highest BCUT2D eigenvalue weighted by molar-refractivity contribution is 5.73. The molecule has 9 heteroatoms. The van der Waals surface area contributed by atoms with Gasteiger partial charge < -0.3 is 10.2 Å². The van der Waals surface area contributed by atoms with Crippen molar-refractivity contribution in [3.8, 4) is 0 Å². The molecule has 108 valence electrons. The van der Waals surface area contributed by atoms with Crippen molar-refractivity contribution in [3.63, 3.8) is 0 Å². The molecule has 3 nitrogen and oxygen atoms in total. The number of carbonyl (C=O) groups is 1. The van der Waals surface area contributed by atoms with Gasteiger partial charge in [-0.3, -0.25) is 4.79 Å². The minimum absolute atomic E-state index is 0.869. The predicted octanol–water partition coefficient (Wildman–Crippen LogP) is 2.59. The predicted molar refractivity (Wildman–Crippen MR) is 47.6 cm³/mol. The molecule has 0 aliphatic carbocycles. The van der Waals surface area contributed by atoms with Gasteiger partial charge in [-0.05, 0) is 5.41 Å². The molecule has 0 aromatic carbocycles. The largest absolute Gasteiger partial charge is 0.481 e. The van der Waals surface area contributed by atoms with Crippen LogP contribution in [0.2, 0.25) is 0 Å².